The number of hydrogen-bond acceptors (Lipinski definition) is 4. The van der Waals surface area contributed by atoms with Gasteiger partial charge in [0.25, 0.3) is 0 Å². The molecule has 1 heterocycles. The SMILES string of the molecule is O=C(O)c1cc(C(F)(F)F)ccc1N1CCOC(CO)C1. The first-order valence-corrected chi connectivity index (χ1v) is 6.25. The van der Waals surface area contributed by atoms with E-state index in [1.165, 1.54) is 0 Å². The smallest absolute Gasteiger partial charge is 0.416 e. The summed E-state index contributed by atoms with van der Waals surface area (Å²) in [5.74, 6) is -1.43. The molecule has 8 heteroatoms. The van der Waals surface area contributed by atoms with Crippen LogP contribution in [0.4, 0.5) is 18.9 Å². The molecule has 1 atom stereocenters. The zero-order chi connectivity index (χ0) is 15.6. The van der Waals surface area contributed by atoms with Crippen LogP contribution in [-0.4, -0.2) is 48.6 Å². The fourth-order valence-electron chi connectivity index (χ4n) is 2.21. The average Bonchev–Trinajstić information content (AvgIpc) is 2.45. The highest BCUT2D eigenvalue weighted by Gasteiger charge is 2.33. The van der Waals surface area contributed by atoms with E-state index in [1.807, 2.05) is 0 Å². The van der Waals surface area contributed by atoms with Crippen LogP contribution in [0.3, 0.4) is 0 Å². The number of morpholine rings is 1. The molecule has 0 aliphatic carbocycles. The van der Waals surface area contributed by atoms with E-state index in [9.17, 15) is 18.0 Å². The largest absolute Gasteiger partial charge is 0.478 e. The molecule has 0 amide bonds. The first-order chi connectivity index (χ1) is 9.82. The van der Waals surface area contributed by atoms with Crippen molar-refractivity contribution >= 4 is 11.7 Å². The third-order valence-corrected chi connectivity index (χ3v) is 3.24. The molecule has 0 spiro atoms. The quantitative estimate of drug-likeness (QED) is 0.887. The van der Waals surface area contributed by atoms with Gasteiger partial charge in [-0.1, -0.05) is 0 Å². The van der Waals surface area contributed by atoms with Crippen LogP contribution in [0.2, 0.25) is 0 Å². The number of benzene rings is 1. The van der Waals surface area contributed by atoms with Crippen LogP contribution in [0.1, 0.15) is 15.9 Å². The maximum Gasteiger partial charge on any atom is 0.416 e. The van der Waals surface area contributed by atoms with E-state index in [0.29, 0.717) is 12.6 Å². The van der Waals surface area contributed by atoms with Gasteiger partial charge in [-0.2, -0.15) is 13.2 Å². The number of alkyl halides is 3. The molecule has 5 nitrogen and oxygen atoms in total. The summed E-state index contributed by atoms with van der Waals surface area (Å²) in [6.07, 6.45) is -5.08. The number of anilines is 1. The van der Waals surface area contributed by atoms with Gasteiger partial charge in [0.2, 0.25) is 0 Å². The van der Waals surface area contributed by atoms with Crippen LogP contribution in [0.5, 0.6) is 0 Å². The van der Waals surface area contributed by atoms with Crippen molar-refractivity contribution in [2.75, 3.05) is 31.2 Å². The Balaban J connectivity index is 2.37. The minimum atomic E-state index is -4.60. The summed E-state index contributed by atoms with van der Waals surface area (Å²) < 4.78 is 43.2. The van der Waals surface area contributed by atoms with Crippen molar-refractivity contribution in [1.29, 1.82) is 0 Å². The summed E-state index contributed by atoms with van der Waals surface area (Å²) in [6.45, 7) is 0.606. The molecule has 1 aliphatic rings. The molecule has 1 aromatic carbocycles. The van der Waals surface area contributed by atoms with E-state index in [2.05, 4.69) is 0 Å². The van der Waals surface area contributed by atoms with Crippen LogP contribution in [0.25, 0.3) is 0 Å². The molecular formula is C13H14F3NO4. The van der Waals surface area contributed by atoms with Gasteiger partial charge < -0.3 is 19.8 Å². The van der Waals surface area contributed by atoms with Gasteiger partial charge in [0.05, 0.1) is 36.1 Å². The van der Waals surface area contributed by atoms with Gasteiger partial charge in [0.15, 0.2) is 0 Å². The Morgan fingerprint density at radius 3 is 2.71 bits per heavy atom. The molecule has 1 aromatic rings. The third-order valence-electron chi connectivity index (χ3n) is 3.24. The number of carbonyl (C=O) groups is 1. The average molecular weight is 305 g/mol. The summed E-state index contributed by atoms with van der Waals surface area (Å²) >= 11 is 0. The number of rotatable bonds is 3. The van der Waals surface area contributed by atoms with Gasteiger partial charge in [-0.3, -0.25) is 0 Å². The zero-order valence-corrected chi connectivity index (χ0v) is 10.9. The monoisotopic (exact) mass is 305 g/mol. The van der Waals surface area contributed by atoms with Gasteiger partial charge >= 0.3 is 12.1 Å². The predicted octanol–water partition coefficient (Wildman–Crippen LogP) is 1.60. The second kappa shape index (κ2) is 5.90. The Labute approximate surface area is 118 Å². The lowest BCUT2D eigenvalue weighted by Crippen LogP contribution is -2.44. The molecule has 0 radical (unpaired) electrons. The molecule has 1 fully saturated rings. The minimum absolute atomic E-state index is 0.192. The molecule has 1 unspecified atom stereocenters. The number of carboxylic acid groups (broad SMARTS) is 1. The topological polar surface area (TPSA) is 70.0 Å². The summed E-state index contributed by atoms with van der Waals surface area (Å²) in [5, 5.41) is 18.2. The van der Waals surface area contributed by atoms with E-state index in [1.54, 1.807) is 4.90 Å². The first-order valence-electron chi connectivity index (χ1n) is 6.25. The Morgan fingerprint density at radius 2 is 2.14 bits per heavy atom. The van der Waals surface area contributed by atoms with Crippen molar-refractivity contribution in [2.24, 2.45) is 0 Å². The van der Waals surface area contributed by atoms with Crippen molar-refractivity contribution < 1.29 is 32.9 Å². The minimum Gasteiger partial charge on any atom is -0.478 e. The van der Waals surface area contributed by atoms with E-state index in [-0.39, 0.29) is 25.4 Å². The maximum absolute atomic E-state index is 12.7. The Hall–Kier alpha value is -1.80. The molecule has 2 N–H and O–H groups in total. The van der Waals surface area contributed by atoms with Gasteiger partial charge in [-0.05, 0) is 18.2 Å². The normalized spacial score (nSPS) is 19.6. The Kier molecular flexibility index (Phi) is 4.38. The predicted molar refractivity (Wildman–Crippen MR) is 67.4 cm³/mol. The van der Waals surface area contributed by atoms with Crippen molar-refractivity contribution in [2.45, 2.75) is 12.3 Å². The molecule has 0 bridgehead atoms. The Bertz CT molecular complexity index is 533. The van der Waals surface area contributed by atoms with Gasteiger partial charge in [0.1, 0.15) is 0 Å². The van der Waals surface area contributed by atoms with Gasteiger partial charge in [-0.25, -0.2) is 4.79 Å². The summed E-state index contributed by atoms with van der Waals surface area (Å²) in [7, 11) is 0. The van der Waals surface area contributed by atoms with Gasteiger partial charge in [0, 0.05) is 13.1 Å². The fourth-order valence-corrected chi connectivity index (χ4v) is 2.21. The fraction of sp³-hybridized carbons (Fsp3) is 0.462. The number of nitrogens with zero attached hydrogens (tertiary/aromatic N) is 1. The van der Waals surface area contributed by atoms with E-state index in [4.69, 9.17) is 14.9 Å². The van der Waals surface area contributed by atoms with E-state index in [0.717, 1.165) is 12.1 Å². The van der Waals surface area contributed by atoms with Crippen LogP contribution in [-0.2, 0) is 10.9 Å². The standard InChI is InChI=1S/C13H14F3NO4/c14-13(15,16)8-1-2-11(10(5-8)12(19)20)17-3-4-21-9(6-17)7-18/h1-2,5,9,18H,3-4,6-7H2,(H,19,20). The second-order valence-electron chi connectivity index (χ2n) is 4.66. The van der Waals surface area contributed by atoms with Crippen molar-refractivity contribution in [1.82, 2.24) is 0 Å². The molecule has 1 aliphatic heterocycles. The highest BCUT2D eigenvalue weighted by Crippen LogP contribution is 2.33. The molecule has 0 saturated carbocycles. The highest BCUT2D eigenvalue weighted by atomic mass is 19.4. The number of halogens is 3. The molecular weight excluding hydrogens is 291 g/mol. The maximum atomic E-state index is 12.7. The van der Waals surface area contributed by atoms with E-state index < -0.39 is 29.4 Å². The van der Waals surface area contributed by atoms with Crippen LogP contribution in [0.15, 0.2) is 18.2 Å². The van der Waals surface area contributed by atoms with Gasteiger partial charge in [-0.15, -0.1) is 0 Å². The van der Waals surface area contributed by atoms with Crippen LogP contribution in [0, 0.1) is 0 Å². The summed E-state index contributed by atoms with van der Waals surface area (Å²) in [4.78, 5) is 12.8. The molecule has 21 heavy (non-hydrogen) atoms. The first kappa shape index (κ1) is 15.6. The van der Waals surface area contributed by atoms with Crippen LogP contribution >= 0.6 is 0 Å². The second-order valence-corrected chi connectivity index (χ2v) is 4.66. The third kappa shape index (κ3) is 3.45. The number of aliphatic hydroxyl groups is 1. The number of ether oxygens (including phenoxy) is 1. The number of aliphatic hydroxyl groups excluding tert-OH is 1. The summed E-state index contributed by atoms with van der Waals surface area (Å²) in [5.41, 5.74) is -1.23. The van der Waals surface area contributed by atoms with Crippen molar-refractivity contribution in [3.05, 3.63) is 29.3 Å². The van der Waals surface area contributed by atoms with Crippen molar-refractivity contribution in [3.63, 3.8) is 0 Å². The number of hydrogen-bond donors (Lipinski definition) is 2. The highest BCUT2D eigenvalue weighted by molar-refractivity contribution is 5.94. The number of aromatic carboxylic acids is 1. The summed E-state index contributed by atoms with van der Waals surface area (Å²) in [6, 6.07) is 2.62. The molecule has 116 valence electrons. The lowest BCUT2D eigenvalue weighted by Gasteiger charge is -2.34. The molecule has 1 saturated heterocycles. The lowest BCUT2D eigenvalue weighted by molar-refractivity contribution is -0.137. The van der Waals surface area contributed by atoms with Crippen molar-refractivity contribution in [3.8, 4) is 0 Å². The van der Waals surface area contributed by atoms with E-state index >= 15 is 0 Å². The molecule has 0 aromatic heterocycles. The number of carboxylic acids is 1. The Morgan fingerprint density at radius 1 is 1.43 bits per heavy atom. The lowest BCUT2D eigenvalue weighted by atomic mass is 10.1. The molecule has 2 rings (SSSR count). The van der Waals surface area contributed by atoms with Crippen LogP contribution < -0.4 is 4.90 Å². The zero-order valence-electron chi connectivity index (χ0n) is 10.9.